The number of hydrogen-bond acceptors (Lipinski definition) is 4. The maximum atomic E-state index is 13.3. The summed E-state index contributed by atoms with van der Waals surface area (Å²) in [6.45, 7) is 10.4. The average Bonchev–Trinajstić information content (AvgIpc) is 3.41. The largest absolute Gasteiger partial charge is 0.467 e. The minimum atomic E-state index is -0.386. The number of ether oxygens (including phenoxy) is 1. The second-order valence-electron chi connectivity index (χ2n) is 9.65. The fraction of sp³-hybridized carbons (Fsp3) is 0.286. The van der Waals surface area contributed by atoms with E-state index >= 15 is 0 Å². The Labute approximate surface area is 206 Å². The van der Waals surface area contributed by atoms with Crippen molar-refractivity contribution >= 4 is 6.03 Å². The van der Waals surface area contributed by atoms with Crippen molar-refractivity contribution in [2.45, 2.75) is 53.2 Å². The minimum absolute atomic E-state index is 0.192. The highest BCUT2D eigenvalue weighted by Gasteiger charge is 2.26. The van der Waals surface area contributed by atoms with Crippen LogP contribution in [-0.4, -0.2) is 26.3 Å². The molecule has 1 N–H and O–H groups in total. The number of nitrogens with zero attached hydrogens (tertiary/aromatic N) is 3. The molecule has 2 amide bonds. The number of aryl methyl sites for hydroxylation is 2. The number of furan rings is 1. The molecule has 0 saturated carbocycles. The van der Waals surface area contributed by atoms with Gasteiger partial charge in [-0.2, -0.15) is 5.10 Å². The fourth-order valence-electron chi connectivity index (χ4n) is 3.74. The summed E-state index contributed by atoms with van der Waals surface area (Å²) < 4.78 is 13.8. The van der Waals surface area contributed by atoms with Gasteiger partial charge in [-0.1, -0.05) is 30.3 Å². The van der Waals surface area contributed by atoms with Crippen molar-refractivity contribution in [1.82, 2.24) is 20.0 Å². The third kappa shape index (κ3) is 6.12. The lowest BCUT2D eigenvalue weighted by molar-refractivity contribution is 0.178. The second-order valence-corrected chi connectivity index (χ2v) is 9.65. The van der Waals surface area contributed by atoms with E-state index in [1.165, 1.54) is 0 Å². The Hall–Kier alpha value is -4.00. The molecule has 2 aromatic heterocycles. The van der Waals surface area contributed by atoms with Crippen molar-refractivity contribution < 1.29 is 13.9 Å². The van der Waals surface area contributed by atoms with E-state index in [-0.39, 0.29) is 11.6 Å². The van der Waals surface area contributed by atoms with Crippen LogP contribution in [0.25, 0.3) is 5.69 Å². The van der Waals surface area contributed by atoms with Crippen LogP contribution >= 0.6 is 0 Å². The van der Waals surface area contributed by atoms with Crippen LogP contribution < -0.4 is 10.1 Å². The van der Waals surface area contributed by atoms with E-state index < -0.39 is 0 Å². The van der Waals surface area contributed by atoms with Gasteiger partial charge in [0.15, 0.2) is 0 Å². The maximum Gasteiger partial charge on any atom is 0.318 e. The van der Waals surface area contributed by atoms with Gasteiger partial charge in [0.25, 0.3) is 0 Å². The summed E-state index contributed by atoms with van der Waals surface area (Å²) in [4.78, 5) is 15.0. The van der Waals surface area contributed by atoms with E-state index in [1.807, 2.05) is 101 Å². The lowest BCUT2D eigenvalue weighted by Gasteiger charge is -2.28. The van der Waals surface area contributed by atoms with Crippen molar-refractivity contribution in [3.8, 4) is 17.3 Å². The highest BCUT2D eigenvalue weighted by atomic mass is 16.5. The van der Waals surface area contributed by atoms with Gasteiger partial charge < -0.3 is 19.4 Å². The standard InChI is InChI=1S/C28H32N4O3/c1-20-11-9-14-23(17-20)35-26-25(21(2)30-32(26)22-12-7-6-8-13-22)19-31(18-24-15-10-16-34-24)27(33)29-28(3,4)5/h6-17H,18-19H2,1-5H3,(H,29,33). The summed E-state index contributed by atoms with van der Waals surface area (Å²) in [6, 6.07) is 21.2. The molecule has 35 heavy (non-hydrogen) atoms. The molecule has 7 heteroatoms. The van der Waals surface area contributed by atoms with Crippen molar-refractivity contribution in [1.29, 1.82) is 0 Å². The van der Waals surface area contributed by atoms with E-state index in [0.29, 0.717) is 30.5 Å². The Kier molecular flexibility index (Phi) is 6.96. The molecular formula is C28H32N4O3. The third-order valence-corrected chi connectivity index (χ3v) is 5.39. The molecule has 4 rings (SSSR count). The van der Waals surface area contributed by atoms with Gasteiger partial charge in [0, 0.05) is 5.54 Å². The Morgan fingerprint density at radius 1 is 1.03 bits per heavy atom. The van der Waals surface area contributed by atoms with E-state index in [0.717, 1.165) is 22.5 Å². The number of carbonyl (C=O) groups excluding carboxylic acids is 1. The number of hydrogen-bond donors (Lipinski definition) is 1. The van der Waals surface area contributed by atoms with Crippen molar-refractivity contribution in [3.63, 3.8) is 0 Å². The lowest BCUT2D eigenvalue weighted by Crippen LogP contribution is -2.48. The Bertz CT molecular complexity index is 1270. The molecule has 0 fully saturated rings. The van der Waals surface area contributed by atoms with Crippen LogP contribution in [0, 0.1) is 13.8 Å². The fourth-order valence-corrected chi connectivity index (χ4v) is 3.74. The lowest BCUT2D eigenvalue weighted by atomic mass is 10.1. The van der Waals surface area contributed by atoms with E-state index in [2.05, 4.69) is 5.32 Å². The molecule has 0 bridgehead atoms. The van der Waals surface area contributed by atoms with Gasteiger partial charge in [-0.15, -0.1) is 0 Å². The number of rotatable bonds is 7. The topological polar surface area (TPSA) is 72.5 Å². The first-order chi connectivity index (χ1) is 16.7. The predicted molar refractivity (Wildman–Crippen MR) is 136 cm³/mol. The highest BCUT2D eigenvalue weighted by Crippen LogP contribution is 2.32. The number of urea groups is 1. The molecule has 0 spiro atoms. The van der Waals surface area contributed by atoms with Crippen LogP contribution in [0.3, 0.4) is 0 Å². The van der Waals surface area contributed by atoms with Crippen LogP contribution in [0.15, 0.2) is 77.4 Å². The molecule has 0 unspecified atom stereocenters. The molecule has 0 aliphatic heterocycles. The molecule has 0 aliphatic rings. The predicted octanol–water partition coefficient (Wildman–Crippen LogP) is 6.38. The monoisotopic (exact) mass is 472 g/mol. The molecule has 4 aromatic rings. The number of amides is 2. The molecule has 0 radical (unpaired) electrons. The molecular weight excluding hydrogens is 440 g/mol. The quantitative estimate of drug-likeness (QED) is 0.338. The molecule has 182 valence electrons. The first kappa shape index (κ1) is 24.1. The maximum absolute atomic E-state index is 13.3. The molecule has 0 saturated heterocycles. The van der Waals surface area contributed by atoms with Gasteiger partial charge in [0.1, 0.15) is 11.5 Å². The van der Waals surface area contributed by atoms with Gasteiger partial charge >= 0.3 is 6.03 Å². The summed E-state index contributed by atoms with van der Waals surface area (Å²) in [5, 5.41) is 7.86. The number of para-hydroxylation sites is 1. The van der Waals surface area contributed by atoms with Gasteiger partial charge in [0.05, 0.1) is 36.3 Å². The first-order valence-electron chi connectivity index (χ1n) is 11.7. The minimum Gasteiger partial charge on any atom is -0.467 e. The normalized spacial score (nSPS) is 11.3. The molecule has 2 aromatic carbocycles. The van der Waals surface area contributed by atoms with Crippen molar-refractivity contribution in [2.24, 2.45) is 0 Å². The van der Waals surface area contributed by atoms with E-state index in [4.69, 9.17) is 14.3 Å². The number of benzene rings is 2. The van der Waals surface area contributed by atoms with Crippen LogP contribution in [0.5, 0.6) is 11.6 Å². The number of nitrogens with one attached hydrogen (secondary N) is 1. The molecule has 0 aliphatic carbocycles. The SMILES string of the molecule is Cc1cccc(Oc2c(CN(Cc3ccco3)C(=O)NC(C)(C)C)c(C)nn2-c2ccccc2)c1. The van der Waals surface area contributed by atoms with Gasteiger partial charge in [-0.3, -0.25) is 0 Å². The van der Waals surface area contributed by atoms with Gasteiger partial charge in [-0.25, -0.2) is 9.48 Å². The molecule has 7 nitrogen and oxygen atoms in total. The van der Waals surface area contributed by atoms with E-state index in [1.54, 1.807) is 15.8 Å². The van der Waals surface area contributed by atoms with Crippen LogP contribution in [0.2, 0.25) is 0 Å². The summed E-state index contributed by atoms with van der Waals surface area (Å²) in [5.74, 6) is 1.98. The molecule has 2 heterocycles. The van der Waals surface area contributed by atoms with Crippen LogP contribution in [0.1, 0.15) is 43.4 Å². The summed E-state index contributed by atoms with van der Waals surface area (Å²) >= 11 is 0. The zero-order chi connectivity index (χ0) is 25.0. The number of aromatic nitrogens is 2. The van der Waals surface area contributed by atoms with Crippen LogP contribution in [0.4, 0.5) is 4.79 Å². The Morgan fingerprint density at radius 2 is 1.80 bits per heavy atom. The summed E-state index contributed by atoms with van der Waals surface area (Å²) in [5.41, 5.74) is 3.19. The first-order valence-corrected chi connectivity index (χ1v) is 11.7. The smallest absolute Gasteiger partial charge is 0.318 e. The summed E-state index contributed by atoms with van der Waals surface area (Å²) in [6.07, 6.45) is 1.61. The zero-order valence-corrected chi connectivity index (χ0v) is 20.9. The average molecular weight is 473 g/mol. The zero-order valence-electron chi connectivity index (χ0n) is 20.9. The van der Waals surface area contributed by atoms with Gasteiger partial charge in [-0.05, 0) is 76.6 Å². The molecule has 0 atom stereocenters. The third-order valence-electron chi connectivity index (χ3n) is 5.39. The Morgan fingerprint density at radius 3 is 2.46 bits per heavy atom. The van der Waals surface area contributed by atoms with Crippen LogP contribution in [-0.2, 0) is 13.1 Å². The van der Waals surface area contributed by atoms with E-state index in [9.17, 15) is 4.79 Å². The summed E-state index contributed by atoms with van der Waals surface area (Å²) in [7, 11) is 0. The van der Waals surface area contributed by atoms with Crippen molar-refractivity contribution in [3.05, 3.63) is 95.6 Å². The van der Waals surface area contributed by atoms with Crippen molar-refractivity contribution in [2.75, 3.05) is 0 Å². The Balaban J connectivity index is 1.75. The number of carbonyl (C=O) groups is 1. The van der Waals surface area contributed by atoms with Gasteiger partial charge in [0.2, 0.25) is 5.88 Å². The second kappa shape index (κ2) is 10.1. The highest BCUT2D eigenvalue weighted by molar-refractivity contribution is 5.75.